The molecule has 0 aliphatic heterocycles. The number of carbonyl (C=O) groups is 1. The Morgan fingerprint density at radius 3 is 2.86 bits per heavy atom. The standard InChI is InChI=1S/C10H10ClNO2/c1-7(5-10(13)14)12-9-4-2-3-8(11)6-9/h2-6,12H,1H3,(H,13,14)/b7-5-. The van der Waals surface area contributed by atoms with Crippen LogP contribution in [0.1, 0.15) is 6.92 Å². The number of hydrogen-bond acceptors (Lipinski definition) is 2. The van der Waals surface area contributed by atoms with E-state index in [0.717, 1.165) is 11.8 Å². The summed E-state index contributed by atoms with van der Waals surface area (Å²) in [6.07, 6.45) is 1.10. The molecule has 0 aliphatic carbocycles. The molecule has 0 atom stereocenters. The van der Waals surface area contributed by atoms with Crippen LogP contribution in [0.15, 0.2) is 36.0 Å². The summed E-state index contributed by atoms with van der Waals surface area (Å²) in [4.78, 5) is 10.3. The van der Waals surface area contributed by atoms with E-state index >= 15 is 0 Å². The molecule has 3 nitrogen and oxygen atoms in total. The molecule has 0 bridgehead atoms. The number of carboxylic acids is 1. The lowest BCUT2D eigenvalue weighted by atomic mass is 10.3. The summed E-state index contributed by atoms with van der Waals surface area (Å²) in [7, 11) is 0. The number of benzene rings is 1. The molecule has 74 valence electrons. The first-order chi connectivity index (χ1) is 6.58. The highest BCUT2D eigenvalue weighted by Crippen LogP contribution is 2.16. The molecule has 1 aromatic rings. The van der Waals surface area contributed by atoms with Crippen molar-refractivity contribution in [1.82, 2.24) is 0 Å². The zero-order valence-electron chi connectivity index (χ0n) is 7.62. The molecule has 0 saturated heterocycles. The molecule has 4 heteroatoms. The monoisotopic (exact) mass is 211 g/mol. The van der Waals surface area contributed by atoms with Crippen LogP contribution in [0.2, 0.25) is 5.02 Å². The van der Waals surface area contributed by atoms with E-state index < -0.39 is 5.97 Å². The first kappa shape index (κ1) is 10.6. The fourth-order valence-corrected chi connectivity index (χ4v) is 1.21. The van der Waals surface area contributed by atoms with E-state index in [4.69, 9.17) is 16.7 Å². The van der Waals surface area contributed by atoms with Crippen molar-refractivity contribution in [2.24, 2.45) is 0 Å². The maximum absolute atomic E-state index is 10.3. The average molecular weight is 212 g/mol. The zero-order chi connectivity index (χ0) is 10.6. The van der Waals surface area contributed by atoms with Crippen LogP contribution in [0, 0.1) is 0 Å². The first-order valence-electron chi connectivity index (χ1n) is 4.02. The Hall–Kier alpha value is -1.48. The predicted molar refractivity (Wildman–Crippen MR) is 56.5 cm³/mol. The van der Waals surface area contributed by atoms with Crippen LogP contribution in [0.25, 0.3) is 0 Å². The number of anilines is 1. The van der Waals surface area contributed by atoms with Crippen LogP contribution in [0.5, 0.6) is 0 Å². The molecule has 0 unspecified atom stereocenters. The molecule has 0 aliphatic rings. The first-order valence-corrected chi connectivity index (χ1v) is 4.39. The molecule has 0 spiro atoms. The van der Waals surface area contributed by atoms with E-state index in [-0.39, 0.29) is 0 Å². The summed E-state index contributed by atoms with van der Waals surface area (Å²) in [6, 6.07) is 7.08. The third-order valence-electron chi connectivity index (χ3n) is 1.51. The number of carboxylic acid groups (broad SMARTS) is 1. The summed E-state index contributed by atoms with van der Waals surface area (Å²) < 4.78 is 0. The highest BCUT2D eigenvalue weighted by atomic mass is 35.5. The fourth-order valence-electron chi connectivity index (χ4n) is 1.02. The lowest BCUT2D eigenvalue weighted by molar-refractivity contribution is -0.131. The van der Waals surface area contributed by atoms with Gasteiger partial charge in [-0.2, -0.15) is 0 Å². The maximum atomic E-state index is 10.3. The third-order valence-corrected chi connectivity index (χ3v) is 1.74. The molecular formula is C10H10ClNO2. The Morgan fingerprint density at radius 2 is 2.29 bits per heavy atom. The van der Waals surface area contributed by atoms with E-state index in [9.17, 15) is 4.79 Å². The molecule has 0 heterocycles. The van der Waals surface area contributed by atoms with E-state index in [2.05, 4.69) is 5.32 Å². The van der Waals surface area contributed by atoms with Crippen LogP contribution in [0.3, 0.4) is 0 Å². The van der Waals surface area contributed by atoms with E-state index in [1.807, 2.05) is 6.07 Å². The van der Waals surface area contributed by atoms with E-state index in [1.54, 1.807) is 25.1 Å². The van der Waals surface area contributed by atoms with Gasteiger partial charge in [0, 0.05) is 22.5 Å². The van der Waals surface area contributed by atoms with Crippen LogP contribution in [0.4, 0.5) is 5.69 Å². The SMILES string of the molecule is C/C(=C/C(=O)O)Nc1cccc(Cl)c1. The molecule has 0 fully saturated rings. The predicted octanol–water partition coefficient (Wildman–Crippen LogP) is 2.74. The van der Waals surface area contributed by atoms with Gasteiger partial charge in [0.05, 0.1) is 0 Å². The van der Waals surface area contributed by atoms with Crippen molar-refractivity contribution in [1.29, 1.82) is 0 Å². The quantitative estimate of drug-likeness (QED) is 0.756. The van der Waals surface area contributed by atoms with Gasteiger partial charge in [0.2, 0.25) is 0 Å². The molecule has 0 amide bonds. The highest BCUT2D eigenvalue weighted by molar-refractivity contribution is 6.30. The number of aliphatic carboxylic acids is 1. The number of hydrogen-bond donors (Lipinski definition) is 2. The van der Waals surface area contributed by atoms with Crippen molar-refractivity contribution in [2.75, 3.05) is 5.32 Å². The minimum absolute atomic E-state index is 0.555. The van der Waals surface area contributed by atoms with Crippen LogP contribution < -0.4 is 5.32 Å². The molecule has 0 saturated carbocycles. The van der Waals surface area contributed by atoms with Crippen molar-refractivity contribution in [3.63, 3.8) is 0 Å². The summed E-state index contributed by atoms with van der Waals surface area (Å²) in [5, 5.41) is 12.0. The smallest absolute Gasteiger partial charge is 0.330 e. The van der Waals surface area contributed by atoms with Crippen LogP contribution in [-0.2, 0) is 4.79 Å². The molecule has 1 aromatic carbocycles. The Morgan fingerprint density at radius 1 is 1.57 bits per heavy atom. The third kappa shape index (κ3) is 3.49. The zero-order valence-corrected chi connectivity index (χ0v) is 8.38. The van der Waals surface area contributed by atoms with Gasteiger partial charge in [-0.3, -0.25) is 0 Å². The van der Waals surface area contributed by atoms with Gasteiger partial charge in [0.1, 0.15) is 0 Å². The second kappa shape index (κ2) is 4.67. The summed E-state index contributed by atoms with van der Waals surface area (Å²) in [6.45, 7) is 1.68. The van der Waals surface area contributed by atoms with Crippen molar-refractivity contribution in [2.45, 2.75) is 6.92 Å². The molecule has 1 rings (SSSR count). The second-order valence-corrected chi connectivity index (χ2v) is 3.24. The van der Waals surface area contributed by atoms with Gasteiger partial charge in [-0.15, -0.1) is 0 Å². The second-order valence-electron chi connectivity index (χ2n) is 2.80. The van der Waals surface area contributed by atoms with Crippen LogP contribution in [-0.4, -0.2) is 11.1 Å². The average Bonchev–Trinajstić information content (AvgIpc) is 2.01. The van der Waals surface area contributed by atoms with Gasteiger partial charge in [0.25, 0.3) is 0 Å². The Bertz CT molecular complexity index is 374. The lowest BCUT2D eigenvalue weighted by Gasteiger charge is -2.05. The Labute approximate surface area is 87.0 Å². The van der Waals surface area contributed by atoms with Crippen molar-refractivity contribution in [3.05, 3.63) is 41.1 Å². The molecule has 0 radical (unpaired) electrons. The van der Waals surface area contributed by atoms with Gasteiger partial charge >= 0.3 is 5.97 Å². The number of rotatable bonds is 3. The Balaban J connectivity index is 2.74. The van der Waals surface area contributed by atoms with E-state index in [0.29, 0.717) is 10.7 Å². The number of nitrogens with one attached hydrogen (secondary N) is 1. The van der Waals surface area contributed by atoms with Crippen molar-refractivity contribution in [3.8, 4) is 0 Å². The van der Waals surface area contributed by atoms with Crippen molar-refractivity contribution >= 4 is 23.3 Å². The van der Waals surface area contributed by atoms with Gasteiger partial charge < -0.3 is 10.4 Å². The number of halogens is 1. The largest absolute Gasteiger partial charge is 0.478 e. The van der Waals surface area contributed by atoms with Crippen LogP contribution >= 0.6 is 11.6 Å². The summed E-state index contributed by atoms with van der Waals surface area (Å²) in [5.41, 5.74) is 1.33. The summed E-state index contributed by atoms with van der Waals surface area (Å²) >= 11 is 5.76. The van der Waals surface area contributed by atoms with Gasteiger partial charge in [-0.05, 0) is 25.1 Å². The molecular weight excluding hydrogens is 202 g/mol. The number of allylic oxidation sites excluding steroid dienone is 1. The maximum Gasteiger partial charge on any atom is 0.330 e. The van der Waals surface area contributed by atoms with Gasteiger partial charge in [-0.1, -0.05) is 17.7 Å². The van der Waals surface area contributed by atoms with Gasteiger partial charge in [0.15, 0.2) is 0 Å². The molecule has 0 aromatic heterocycles. The fraction of sp³-hybridized carbons (Fsp3) is 0.100. The van der Waals surface area contributed by atoms with E-state index in [1.165, 1.54) is 0 Å². The highest BCUT2D eigenvalue weighted by Gasteiger charge is 1.96. The molecule has 14 heavy (non-hydrogen) atoms. The minimum Gasteiger partial charge on any atom is -0.478 e. The summed E-state index contributed by atoms with van der Waals surface area (Å²) in [5.74, 6) is -0.975. The van der Waals surface area contributed by atoms with Gasteiger partial charge in [-0.25, -0.2) is 4.79 Å². The minimum atomic E-state index is -0.975. The molecule has 2 N–H and O–H groups in total. The Kier molecular flexibility index (Phi) is 3.54. The lowest BCUT2D eigenvalue weighted by Crippen LogP contribution is -1.99. The normalized spacial score (nSPS) is 11.1. The topological polar surface area (TPSA) is 49.3 Å². The van der Waals surface area contributed by atoms with Crippen molar-refractivity contribution < 1.29 is 9.90 Å².